The third-order valence-electron chi connectivity index (χ3n) is 4.14. The maximum Gasteiger partial charge on any atom is 0.244 e. The lowest BCUT2D eigenvalue weighted by Crippen LogP contribution is -2.41. The van der Waals surface area contributed by atoms with Gasteiger partial charge in [-0.05, 0) is 30.0 Å². The fourth-order valence-electron chi connectivity index (χ4n) is 2.80. The third kappa shape index (κ3) is 3.32. The number of hydrogen-bond acceptors (Lipinski definition) is 2. The summed E-state index contributed by atoms with van der Waals surface area (Å²) < 4.78 is 0. The van der Waals surface area contributed by atoms with Gasteiger partial charge in [-0.2, -0.15) is 0 Å². The molecule has 2 aromatic carbocycles. The van der Waals surface area contributed by atoms with Gasteiger partial charge in [-0.25, -0.2) is 0 Å². The molecule has 1 aliphatic rings. The Balaban J connectivity index is 0.00000176. The summed E-state index contributed by atoms with van der Waals surface area (Å²) in [6.45, 7) is 3.43. The number of benzene rings is 2. The molecule has 1 aliphatic heterocycles. The standard InChI is InChI=1S/C18H20N2O.ClH/c1-13-6-8-15(9-7-13)17(19)18(21)20-11-10-14-4-2-3-5-16(14)12-20;/h2-9,17H,10-12,19H2,1H3;1H. The molecule has 1 amide bonds. The average Bonchev–Trinajstić information content (AvgIpc) is 2.54. The van der Waals surface area contributed by atoms with E-state index in [2.05, 4.69) is 12.1 Å². The molecule has 0 radical (unpaired) electrons. The number of nitrogens with two attached hydrogens (primary N) is 1. The molecule has 1 heterocycles. The van der Waals surface area contributed by atoms with E-state index in [9.17, 15) is 4.79 Å². The molecule has 0 aliphatic carbocycles. The zero-order chi connectivity index (χ0) is 14.8. The molecule has 3 rings (SSSR count). The van der Waals surface area contributed by atoms with Gasteiger partial charge in [-0.3, -0.25) is 4.79 Å². The van der Waals surface area contributed by atoms with E-state index in [-0.39, 0.29) is 18.3 Å². The maximum atomic E-state index is 12.6. The summed E-state index contributed by atoms with van der Waals surface area (Å²) in [5, 5.41) is 0. The number of amides is 1. The zero-order valence-corrected chi connectivity index (χ0v) is 13.5. The minimum absolute atomic E-state index is 0. The Bertz CT molecular complexity index is 654. The van der Waals surface area contributed by atoms with Crippen molar-refractivity contribution in [1.29, 1.82) is 0 Å². The van der Waals surface area contributed by atoms with Crippen LogP contribution in [-0.2, 0) is 17.8 Å². The fraction of sp³-hybridized carbons (Fsp3) is 0.278. The number of hydrogen-bond donors (Lipinski definition) is 1. The Morgan fingerprint density at radius 2 is 1.73 bits per heavy atom. The van der Waals surface area contributed by atoms with Crippen LogP contribution in [0.1, 0.15) is 28.3 Å². The van der Waals surface area contributed by atoms with Crippen molar-refractivity contribution in [2.24, 2.45) is 5.73 Å². The highest BCUT2D eigenvalue weighted by Crippen LogP contribution is 2.22. The Labute approximate surface area is 137 Å². The highest BCUT2D eigenvalue weighted by molar-refractivity contribution is 5.85. The second kappa shape index (κ2) is 6.95. The first-order valence-electron chi connectivity index (χ1n) is 7.33. The first kappa shape index (κ1) is 16.5. The van der Waals surface area contributed by atoms with E-state index >= 15 is 0 Å². The normalized spacial score (nSPS) is 14.7. The molecule has 1 unspecified atom stereocenters. The first-order valence-corrected chi connectivity index (χ1v) is 7.33. The lowest BCUT2D eigenvalue weighted by Gasteiger charge is -2.31. The van der Waals surface area contributed by atoms with Crippen LogP contribution in [-0.4, -0.2) is 17.4 Å². The fourth-order valence-corrected chi connectivity index (χ4v) is 2.80. The summed E-state index contributed by atoms with van der Waals surface area (Å²) >= 11 is 0. The highest BCUT2D eigenvalue weighted by atomic mass is 35.5. The number of fused-ring (bicyclic) bond motifs is 1. The number of carbonyl (C=O) groups is 1. The molecule has 3 nitrogen and oxygen atoms in total. The van der Waals surface area contributed by atoms with Crippen molar-refractivity contribution in [3.05, 3.63) is 70.8 Å². The summed E-state index contributed by atoms with van der Waals surface area (Å²) in [5.41, 5.74) is 10.8. The molecule has 2 N–H and O–H groups in total. The largest absolute Gasteiger partial charge is 0.336 e. The molecule has 2 aromatic rings. The van der Waals surface area contributed by atoms with Gasteiger partial charge in [-0.1, -0.05) is 54.1 Å². The number of carbonyl (C=O) groups excluding carboxylic acids is 1. The van der Waals surface area contributed by atoms with Gasteiger partial charge in [0.2, 0.25) is 5.91 Å². The zero-order valence-electron chi connectivity index (χ0n) is 12.7. The number of rotatable bonds is 2. The van der Waals surface area contributed by atoms with Crippen molar-refractivity contribution >= 4 is 18.3 Å². The summed E-state index contributed by atoms with van der Waals surface area (Å²) in [6, 6.07) is 15.6. The summed E-state index contributed by atoms with van der Waals surface area (Å²) in [7, 11) is 0. The molecule has 0 fully saturated rings. The topological polar surface area (TPSA) is 46.3 Å². The van der Waals surface area contributed by atoms with Crippen LogP contribution in [0.25, 0.3) is 0 Å². The molecule has 0 aromatic heterocycles. The Hall–Kier alpha value is -1.84. The van der Waals surface area contributed by atoms with Gasteiger partial charge in [0.1, 0.15) is 6.04 Å². The van der Waals surface area contributed by atoms with Crippen LogP contribution < -0.4 is 5.73 Å². The molecule has 116 valence electrons. The molecule has 4 heteroatoms. The predicted molar refractivity (Wildman–Crippen MR) is 90.9 cm³/mol. The lowest BCUT2D eigenvalue weighted by molar-refractivity contribution is -0.133. The van der Waals surface area contributed by atoms with Crippen molar-refractivity contribution in [2.45, 2.75) is 25.9 Å². The van der Waals surface area contributed by atoms with Crippen molar-refractivity contribution < 1.29 is 4.79 Å². The summed E-state index contributed by atoms with van der Waals surface area (Å²) in [4.78, 5) is 14.5. The molecule has 0 spiro atoms. The van der Waals surface area contributed by atoms with E-state index < -0.39 is 6.04 Å². The van der Waals surface area contributed by atoms with E-state index in [1.54, 1.807) is 0 Å². The second-order valence-electron chi connectivity index (χ2n) is 5.67. The number of nitrogens with zero attached hydrogens (tertiary/aromatic N) is 1. The Morgan fingerprint density at radius 1 is 1.09 bits per heavy atom. The van der Waals surface area contributed by atoms with Gasteiger partial charge in [-0.15, -0.1) is 12.4 Å². The smallest absolute Gasteiger partial charge is 0.244 e. The van der Waals surface area contributed by atoms with Crippen LogP contribution in [0.4, 0.5) is 0 Å². The Morgan fingerprint density at radius 3 is 2.41 bits per heavy atom. The number of halogens is 1. The quantitative estimate of drug-likeness (QED) is 0.925. The van der Waals surface area contributed by atoms with Crippen molar-refractivity contribution in [1.82, 2.24) is 4.90 Å². The van der Waals surface area contributed by atoms with Crippen LogP contribution in [0.2, 0.25) is 0 Å². The van der Waals surface area contributed by atoms with Gasteiger partial charge in [0.05, 0.1) is 0 Å². The van der Waals surface area contributed by atoms with Crippen molar-refractivity contribution in [2.75, 3.05) is 6.54 Å². The van der Waals surface area contributed by atoms with Gasteiger partial charge >= 0.3 is 0 Å². The SMILES string of the molecule is Cc1ccc(C(N)C(=O)N2CCc3ccccc3C2)cc1.Cl. The third-order valence-corrected chi connectivity index (χ3v) is 4.14. The Kier molecular flexibility index (Phi) is 5.22. The molecule has 22 heavy (non-hydrogen) atoms. The van der Waals surface area contributed by atoms with Gasteiger partial charge < -0.3 is 10.6 Å². The minimum Gasteiger partial charge on any atom is -0.336 e. The minimum atomic E-state index is -0.573. The van der Waals surface area contributed by atoms with Crippen molar-refractivity contribution in [3.8, 4) is 0 Å². The highest BCUT2D eigenvalue weighted by Gasteiger charge is 2.25. The summed E-state index contributed by atoms with van der Waals surface area (Å²) in [5.74, 6) is 0.00774. The van der Waals surface area contributed by atoms with Crippen LogP contribution in [0.3, 0.4) is 0 Å². The molecule has 0 bridgehead atoms. The molecule has 1 atom stereocenters. The maximum absolute atomic E-state index is 12.6. The van der Waals surface area contributed by atoms with E-state index in [0.717, 1.165) is 18.5 Å². The van der Waals surface area contributed by atoms with Crippen LogP contribution in [0, 0.1) is 6.92 Å². The van der Waals surface area contributed by atoms with Gasteiger partial charge in [0.15, 0.2) is 0 Å². The second-order valence-corrected chi connectivity index (χ2v) is 5.67. The molecular weight excluding hydrogens is 296 g/mol. The monoisotopic (exact) mass is 316 g/mol. The number of aryl methyl sites for hydroxylation is 1. The van der Waals surface area contributed by atoms with E-state index in [1.807, 2.05) is 48.2 Å². The van der Waals surface area contributed by atoms with Gasteiger partial charge in [0.25, 0.3) is 0 Å². The van der Waals surface area contributed by atoms with Crippen LogP contribution >= 0.6 is 12.4 Å². The van der Waals surface area contributed by atoms with Crippen LogP contribution in [0.15, 0.2) is 48.5 Å². The average molecular weight is 317 g/mol. The first-order chi connectivity index (χ1) is 10.1. The van der Waals surface area contributed by atoms with E-state index in [4.69, 9.17) is 5.73 Å². The lowest BCUT2D eigenvalue weighted by atomic mass is 9.98. The summed E-state index contributed by atoms with van der Waals surface area (Å²) in [6.07, 6.45) is 0.905. The van der Waals surface area contributed by atoms with Crippen LogP contribution in [0.5, 0.6) is 0 Å². The van der Waals surface area contributed by atoms with Gasteiger partial charge in [0, 0.05) is 13.1 Å². The predicted octanol–water partition coefficient (Wildman–Crippen LogP) is 3.00. The van der Waals surface area contributed by atoms with E-state index in [1.165, 1.54) is 16.7 Å². The van der Waals surface area contributed by atoms with E-state index in [0.29, 0.717) is 6.54 Å². The van der Waals surface area contributed by atoms with Crippen molar-refractivity contribution in [3.63, 3.8) is 0 Å². The molecular formula is C18H21ClN2O. The molecule has 0 saturated carbocycles. The molecule has 0 saturated heterocycles.